The first kappa shape index (κ1) is 17.5. The summed E-state index contributed by atoms with van der Waals surface area (Å²) in [5, 5.41) is 2.78. The van der Waals surface area contributed by atoms with Crippen LogP contribution in [0.3, 0.4) is 0 Å². The van der Waals surface area contributed by atoms with E-state index in [1.165, 1.54) is 58.9 Å². The molecule has 0 N–H and O–H groups in total. The van der Waals surface area contributed by atoms with E-state index in [4.69, 9.17) is 0 Å². The first-order valence-electron chi connectivity index (χ1n) is 10.6. The van der Waals surface area contributed by atoms with Gasteiger partial charge in [0.1, 0.15) is 0 Å². The number of aryl methyl sites for hydroxylation is 1. The fourth-order valence-corrected chi connectivity index (χ4v) is 4.95. The van der Waals surface area contributed by atoms with Gasteiger partial charge < -0.3 is 4.57 Å². The van der Waals surface area contributed by atoms with Crippen molar-refractivity contribution in [3.05, 3.63) is 83.9 Å². The normalized spacial score (nSPS) is 16.2. The highest BCUT2D eigenvalue weighted by atomic mass is 15.1. The molecule has 1 fully saturated rings. The van der Waals surface area contributed by atoms with Gasteiger partial charge in [0.05, 0.1) is 0 Å². The molecule has 5 rings (SSSR count). The van der Waals surface area contributed by atoms with Crippen molar-refractivity contribution in [3.63, 3.8) is 0 Å². The summed E-state index contributed by atoms with van der Waals surface area (Å²) in [5.74, 6) is 0.724. The van der Waals surface area contributed by atoms with Crippen LogP contribution in [0.2, 0.25) is 0 Å². The van der Waals surface area contributed by atoms with Gasteiger partial charge in [-0.1, -0.05) is 54.6 Å². The van der Waals surface area contributed by atoms with Crippen LogP contribution in [-0.4, -0.2) is 22.6 Å². The van der Waals surface area contributed by atoms with E-state index < -0.39 is 0 Å². The molecular weight excluding hydrogens is 340 g/mol. The lowest BCUT2D eigenvalue weighted by atomic mass is 9.89. The summed E-state index contributed by atoms with van der Waals surface area (Å²) in [6, 6.07) is 26.9. The molecule has 2 heteroatoms. The molecular formula is C26H28N2. The van der Waals surface area contributed by atoms with Crippen LogP contribution in [0.25, 0.3) is 21.8 Å². The molecule has 0 amide bonds. The number of para-hydroxylation sites is 1. The second-order valence-corrected chi connectivity index (χ2v) is 8.07. The minimum absolute atomic E-state index is 0.724. The highest BCUT2D eigenvalue weighted by Gasteiger charge is 2.20. The predicted molar refractivity (Wildman–Crippen MR) is 119 cm³/mol. The van der Waals surface area contributed by atoms with E-state index >= 15 is 0 Å². The molecule has 0 radical (unpaired) electrons. The van der Waals surface area contributed by atoms with Gasteiger partial charge >= 0.3 is 0 Å². The molecule has 1 saturated heterocycles. The number of aromatic nitrogens is 1. The number of piperidine rings is 1. The first-order chi connectivity index (χ1) is 13.8. The van der Waals surface area contributed by atoms with E-state index in [-0.39, 0.29) is 0 Å². The van der Waals surface area contributed by atoms with Crippen LogP contribution in [0.1, 0.15) is 36.8 Å². The third-order valence-corrected chi connectivity index (χ3v) is 6.42. The Hall–Kier alpha value is -2.58. The quantitative estimate of drug-likeness (QED) is 0.417. The Kier molecular flexibility index (Phi) is 4.66. The number of hydrogen-bond donors (Lipinski definition) is 0. The molecule has 0 bridgehead atoms. The van der Waals surface area contributed by atoms with Crippen LogP contribution in [-0.2, 0) is 13.1 Å². The molecule has 1 aliphatic rings. The standard InChI is InChI=1S/C26H28N2/c1-2-28-25-11-7-6-10-23(25)24-18-20(12-13-26(24)28)19-27-16-14-22(15-17-27)21-8-4-3-5-9-21/h3-13,18,22H,2,14-17,19H2,1H3. The van der Waals surface area contributed by atoms with Crippen molar-refractivity contribution < 1.29 is 0 Å². The van der Waals surface area contributed by atoms with Crippen molar-refractivity contribution in [1.82, 2.24) is 9.47 Å². The molecule has 1 aliphatic heterocycles. The second kappa shape index (κ2) is 7.44. The number of likely N-dealkylation sites (tertiary alicyclic amines) is 1. The zero-order valence-electron chi connectivity index (χ0n) is 16.6. The van der Waals surface area contributed by atoms with E-state index in [0.717, 1.165) is 19.0 Å². The van der Waals surface area contributed by atoms with Gasteiger partial charge in [0.2, 0.25) is 0 Å². The molecule has 142 valence electrons. The zero-order chi connectivity index (χ0) is 18.9. The van der Waals surface area contributed by atoms with Crippen LogP contribution < -0.4 is 0 Å². The Morgan fingerprint density at radius 3 is 2.29 bits per heavy atom. The maximum Gasteiger partial charge on any atom is 0.0491 e. The van der Waals surface area contributed by atoms with Gasteiger partial charge in [-0.05, 0) is 68.1 Å². The Morgan fingerprint density at radius 1 is 0.786 bits per heavy atom. The highest BCUT2D eigenvalue weighted by molar-refractivity contribution is 6.08. The summed E-state index contributed by atoms with van der Waals surface area (Å²) < 4.78 is 2.43. The number of benzene rings is 3. The van der Waals surface area contributed by atoms with Gasteiger partial charge in [-0.3, -0.25) is 4.90 Å². The third kappa shape index (κ3) is 3.12. The molecule has 2 nitrogen and oxygen atoms in total. The molecule has 3 aromatic carbocycles. The largest absolute Gasteiger partial charge is 0.341 e. The fraction of sp³-hybridized carbons (Fsp3) is 0.308. The molecule has 2 heterocycles. The van der Waals surface area contributed by atoms with E-state index in [9.17, 15) is 0 Å². The SMILES string of the molecule is CCn1c2ccccc2c2cc(CN3CCC(c4ccccc4)CC3)ccc21. The molecule has 0 atom stereocenters. The number of hydrogen-bond acceptors (Lipinski definition) is 1. The van der Waals surface area contributed by atoms with Crippen molar-refractivity contribution >= 4 is 21.8 Å². The van der Waals surface area contributed by atoms with Gasteiger partial charge in [0, 0.05) is 34.9 Å². The first-order valence-corrected chi connectivity index (χ1v) is 10.6. The monoisotopic (exact) mass is 368 g/mol. The van der Waals surface area contributed by atoms with Crippen LogP contribution in [0.5, 0.6) is 0 Å². The Morgan fingerprint density at radius 2 is 1.50 bits per heavy atom. The average Bonchev–Trinajstić information content (AvgIpc) is 3.08. The molecule has 0 spiro atoms. The zero-order valence-corrected chi connectivity index (χ0v) is 16.6. The molecule has 4 aromatic rings. The predicted octanol–water partition coefficient (Wildman–Crippen LogP) is 6.19. The van der Waals surface area contributed by atoms with Gasteiger partial charge in [-0.15, -0.1) is 0 Å². The minimum atomic E-state index is 0.724. The van der Waals surface area contributed by atoms with Gasteiger partial charge in [0.25, 0.3) is 0 Å². The molecule has 0 aliphatic carbocycles. The average molecular weight is 369 g/mol. The van der Waals surface area contributed by atoms with E-state index in [0.29, 0.717) is 0 Å². The minimum Gasteiger partial charge on any atom is -0.341 e. The summed E-state index contributed by atoms with van der Waals surface area (Å²) in [5.41, 5.74) is 5.65. The van der Waals surface area contributed by atoms with E-state index in [1.807, 2.05) is 0 Å². The van der Waals surface area contributed by atoms with Gasteiger partial charge in [0.15, 0.2) is 0 Å². The van der Waals surface area contributed by atoms with Crippen molar-refractivity contribution in [2.75, 3.05) is 13.1 Å². The summed E-state index contributed by atoms with van der Waals surface area (Å²) in [6.07, 6.45) is 2.53. The fourth-order valence-electron chi connectivity index (χ4n) is 4.95. The van der Waals surface area contributed by atoms with Crippen LogP contribution in [0.4, 0.5) is 0 Å². The Balaban J connectivity index is 1.36. The molecule has 28 heavy (non-hydrogen) atoms. The van der Waals surface area contributed by atoms with Crippen molar-refractivity contribution in [2.24, 2.45) is 0 Å². The highest BCUT2D eigenvalue weighted by Crippen LogP contribution is 2.31. The second-order valence-electron chi connectivity index (χ2n) is 8.07. The topological polar surface area (TPSA) is 8.17 Å². The summed E-state index contributed by atoms with van der Waals surface area (Å²) in [7, 11) is 0. The van der Waals surface area contributed by atoms with Crippen molar-refractivity contribution in [3.8, 4) is 0 Å². The summed E-state index contributed by atoms with van der Waals surface area (Å²) in [6.45, 7) is 6.68. The Bertz CT molecular complexity index is 1090. The lowest BCUT2D eigenvalue weighted by molar-refractivity contribution is 0.205. The number of nitrogens with zero attached hydrogens (tertiary/aromatic N) is 2. The number of rotatable bonds is 4. The lowest BCUT2D eigenvalue weighted by Gasteiger charge is -2.32. The van der Waals surface area contributed by atoms with Crippen LogP contribution in [0, 0.1) is 0 Å². The maximum atomic E-state index is 2.62. The molecule has 0 saturated carbocycles. The van der Waals surface area contributed by atoms with Crippen LogP contribution >= 0.6 is 0 Å². The summed E-state index contributed by atoms with van der Waals surface area (Å²) in [4.78, 5) is 2.62. The third-order valence-electron chi connectivity index (χ3n) is 6.42. The van der Waals surface area contributed by atoms with Gasteiger partial charge in [-0.2, -0.15) is 0 Å². The van der Waals surface area contributed by atoms with E-state index in [1.54, 1.807) is 0 Å². The van der Waals surface area contributed by atoms with E-state index in [2.05, 4.69) is 89.2 Å². The van der Waals surface area contributed by atoms with Crippen molar-refractivity contribution in [1.29, 1.82) is 0 Å². The van der Waals surface area contributed by atoms with Gasteiger partial charge in [-0.25, -0.2) is 0 Å². The smallest absolute Gasteiger partial charge is 0.0491 e. The number of fused-ring (bicyclic) bond motifs is 3. The van der Waals surface area contributed by atoms with Crippen molar-refractivity contribution in [2.45, 2.75) is 38.8 Å². The summed E-state index contributed by atoms with van der Waals surface area (Å²) >= 11 is 0. The Labute approximate surface area is 167 Å². The maximum absolute atomic E-state index is 2.62. The lowest BCUT2D eigenvalue weighted by Crippen LogP contribution is -2.32. The molecule has 0 unspecified atom stereocenters. The molecule has 1 aromatic heterocycles. The van der Waals surface area contributed by atoms with Crippen LogP contribution in [0.15, 0.2) is 72.8 Å².